The lowest BCUT2D eigenvalue weighted by Crippen LogP contribution is -2.07. The lowest BCUT2D eigenvalue weighted by atomic mass is 10.1. The highest BCUT2D eigenvalue weighted by atomic mass is 32.1. The number of imidazole rings is 1. The molecule has 6 heteroatoms. The van der Waals surface area contributed by atoms with Gasteiger partial charge >= 0.3 is 5.97 Å². The average molecular weight is 434 g/mol. The van der Waals surface area contributed by atoms with Crippen LogP contribution in [-0.2, 0) is 17.7 Å². The summed E-state index contributed by atoms with van der Waals surface area (Å²) >= 11 is 1.37. The Labute approximate surface area is 186 Å². The molecule has 2 aromatic heterocycles. The molecule has 4 rings (SSSR count). The highest BCUT2D eigenvalue weighted by Crippen LogP contribution is 2.35. The molecule has 0 spiro atoms. The van der Waals surface area contributed by atoms with Gasteiger partial charge in [-0.1, -0.05) is 72.4 Å². The zero-order valence-corrected chi connectivity index (χ0v) is 19.2. The van der Waals surface area contributed by atoms with E-state index in [0.29, 0.717) is 18.0 Å². The molecule has 31 heavy (non-hydrogen) atoms. The number of hydrogen-bond acceptors (Lipinski definition) is 5. The number of esters is 1. The van der Waals surface area contributed by atoms with E-state index in [0.717, 1.165) is 34.2 Å². The number of aromatic nitrogens is 2. The first-order valence-electron chi connectivity index (χ1n) is 10.6. The molecule has 0 aliphatic rings. The predicted molar refractivity (Wildman–Crippen MR) is 127 cm³/mol. The maximum Gasteiger partial charge on any atom is 0.350 e. The molecule has 0 saturated heterocycles. The third-order valence-electron chi connectivity index (χ3n) is 5.34. The summed E-state index contributed by atoms with van der Waals surface area (Å²) in [5.41, 5.74) is 6.50. The van der Waals surface area contributed by atoms with Crippen LogP contribution in [0.1, 0.15) is 45.9 Å². The number of nitrogens with one attached hydrogen (secondary N) is 1. The second-order valence-corrected chi connectivity index (χ2v) is 8.53. The molecule has 0 saturated carbocycles. The first-order chi connectivity index (χ1) is 15.0. The monoisotopic (exact) mass is 433 g/mol. The van der Waals surface area contributed by atoms with E-state index in [-0.39, 0.29) is 5.97 Å². The van der Waals surface area contributed by atoms with Gasteiger partial charge in [-0.05, 0) is 38.3 Å². The summed E-state index contributed by atoms with van der Waals surface area (Å²) in [6, 6.07) is 17.0. The molecule has 4 aromatic rings. The molecule has 2 aromatic carbocycles. The van der Waals surface area contributed by atoms with E-state index < -0.39 is 0 Å². The Morgan fingerprint density at radius 3 is 2.55 bits per heavy atom. The molecule has 0 bridgehead atoms. The van der Waals surface area contributed by atoms with Crippen LogP contribution in [0.4, 0.5) is 5.82 Å². The molecule has 0 aliphatic carbocycles. The Bertz CT molecular complexity index is 1220. The van der Waals surface area contributed by atoms with Crippen molar-refractivity contribution in [2.75, 3.05) is 11.9 Å². The summed E-state index contributed by atoms with van der Waals surface area (Å²) in [6.45, 7) is 9.02. The topological polar surface area (TPSA) is 55.6 Å². The van der Waals surface area contributed by atoms with Crippen molar-refractivity contribution < 1.29 is 9.53 Å². The van der Waals surface area contributed by atoms with Crippen molar-refractivity contribution >= 4 is 28.1 Å². The van der Waals surface area contributed by atoms with E-state index in [1.165, 1.54) is 28.0 Å². The minimum Gasteiger partial charge on any atom is -0.462 e. The Morgan fingerprint density at radius 2 is 1.87 bits per heavy atom. The zero-order valence-electron chi connectivity index (χ0n) is 18.4. The molecule has 0 radical (unpaired) electrons. The predicted octanol–water partition coefficient (Wildman–Crippen LogP) is 6.03. The van der Waals surface area contributed by atoms with Gasteiger partial charge in [-0.25, -0.2) is 9.78 Å². The summed E-state index contributed by atoms with van der Waals surface area (Å²) in [7, 11) is 0. The number of fused-ring (bicyclic) bond motifs is 1. The summed E-state index contributed by atoms with van der Waals surface area (Å²) in [6.07, 6.45) is 0.999. The summed E-state index contributed by atoms with van der Waals surface area (Å²) in [4.78, 5) is 18.7. The number of anilines is 1. The zero-order chi connectivity index (χ0) is 22.0. The lowest BCUT2D eigenvalue weighted by Gasteiger charge is -2.11. The molecule has 1 N–H and O–H groups in total. The maximum atomic E-state index is 12.4. The van der Waals surface area contributed by atoms with E-state index in [2.05, 4.69) is 67.7 Å². The largest absolute Gasteiger partial charge is 0.462 e. The number of aryl methyl sites for hydroxylation is 3. The third kappa shape index (κ3) is 4.21. The highest BCUT2D eigenvalue weighted by molar-refractivity contribution is 7.19. The quantitative estimate of drug-likeness (QED) is 0.362. The van der Waals surface area contributed by atoms with Gasteiger partial charge in [-0.3, -0.25) is 4.40 Å². The van der Waals surface area contributed by atoms with Crippen LogP contribution in [-0.4, -0.2) is 22.0 Å². The minimum absolute atomic E-state index is 0.297. The number of rotatable bonds is 7. The van der Waals surface area contributed by atoms with Crippen LogP contribution >= 0.6 is 11.3 Å². The Kier molecular flexibility index (Phi) is 6.09. The first kappa shape index (κ1) is 21.1. The Balaban J connectivity index is 1.79. The fourth-order valence-corrected chi connectivity index (χ4v) is 4.72. The third-order valence-corrected chi connectivity index (χ3v) is 6.47. The average Bonchev–Trinajstić information content (AvgIpc) is 3.29. The van der Waals surface area contributed by atoms with E-state index >= 15 is 0 Å². The molecule has 2 heterocycles. The second-order valence-electron chi connectivity index (χ2n) is 7.56. The van der Waals surface area contributed by atoms with Gasteiger partial charge in [0.1, 0.15) is 16.4 Å². The minimum atomic E-state index is -0.297. The molecule has 0 amide bonds. The smallest absolute Gasteiger partial charge is 0.350 e. The fourth-order valence-electron chi connectivity index (χ4n) is 3.70. The van der Waals surface area contributed by atoms with Crippen LogP contribution < -0.4 is 5.32 Å². The number of thiazole rings is 1. The number of carbonyl (C=O) groups excluding carboxylic acids is 1. The molecule has 0 fully saturated rings. The molecule has 5 nitrogen and oxygen atoms in total. The number of carbonyl (C=O) groups is 1. The number of ether oxygens (including phenoxy) is 1. The lowest BCUT2D eigenvalue weighted by molar-refractivity contribution is 0.0531. The van der Waals surface area contributed by atoms with Crippen LogP contribution in [0.25, 0.3) is 16.2 Å². The Morgan fingerprint density at radius 1 is 1.10 bits per heavy atom. The van der Waals surface area contributed by atoms with E-state index in [1.807, 2.05) is 18.2 Å². The van der Waals surface area contributed by atoms with Crippen LogP contribution in [0.2, 0.25) is 0 Å². The molecule has 0 aliphatic heterocycles. The summed E-state index contributed by atoms with van der Waals surface area (Å²) < 4.78 is 7.28. The van der Waals surface area contributed by atoms with Crippen molar-refractivity contribution in [3.8, 4) is 11.3 Å². The summed E-state index contributed by atoms with van der Waals surface area (Å²) in [5, 5.41) is 3.59. The molecule has 0 atom stereocenters. The molecular weight excluding hydrogens is 406 g/mol. The Hall–Kier alpha value is -3.12. The van der Waals surface area contributed by atoms with Crippen molar-refractivity contribution in [1.82, 2.24) is 9.38 Å². The molecular formula is C25H27N3O2S. The van der Waals surface area contributed by atoms with Gasteiger partial charge in [0.05, 0.1) is 6.61 Å². The second kappa shape index (κ2) is 8.94. The van der Waals surface area contributed by atoms with Gasteiger partial charge in [0, 0.05) is 17.8 Å². The van der Waals surface area contributed by atoms with Gasteiger partial charge in [-0.15, -0.1) is 0 Å². The van der Waals surface area contributed by atoms with Crippen molar-refractivity contribution in [3.63, 3.8) is 0 Å². The normalized spacial score (nSPS) is 11.1. The van der Waals surface area contributed by atoms with Crippen LogP contribution in [0.3, 0.4) is 0 Å². The standard InChI is InChI=1S/C25H27N3O2S/c1-5-18-10-12-20(13-11-18)21-23(26-15-19-9-7-8-16(3)14-19)28-17(4)22(24(29)30-6-2)31-25(28)27-21/h7-14,26H,5-6,15H2,1-4H3. The molecule has 0 unspecified atom stereocenters. The van der Waals surface area contributed by atoms with Crippen molar-refractivity contribution in [3.05, 3.63) is 75.8 Å². The van der Waals surface area contributed by atoms with E-state index in [9.17, 15) is 4.79 Å². The number of nitrogens with zero attached hydrogens (tertiary/aromatic N) is 2. The van der Waals surface area contributed by atoms with E-state index in [4.69, 9.17) is 9.72 Å². The van der Waals surface area contributed by atoms with Crippen LogP contribution in [0.15, 0.2) is 48.5 Å². The van der Waals surface area contributed by atoms with Crippen LogP contribution in [0, 0.1) is 13.8 Å². The maximum absolute atomic E-state index is 12.4. The van der Waals surface area contributed by atoms with Crippen molar-refractivity contribution in [2.24, 2.45) is 0 Å². The number of hydrogen-bond donors (Lipinski definition) is 1. The van der Waals surface area contributed by atoms with E-state index in [1.54, 1.807) is 0 Å². The van der Waals surface area contributed by atoms with Gasteiger partial charge in [0.15, 0.2) is 4.96 Å². The van der Waals surface area contributed by atoms with Gasteiger partial charge < -0.3 is 10.1 Å². The summed E-state index contributed by atoms with van der Waals surface area (Å²) in [5.74, 6) is 0.596. The van der Waals surface area contributed by atoms with Crippen molar-refractivity contribution in [1.29, 1.82) is 0 Å². The SMILES string of the molecule is CCOC(=O)c1sc2nc(-c3ccc(CC)cc3)c(NCc3cccc(C)c3)n2c1C. The van der Waals surface area contributed by atoms with Gasteiger partial charge in [0.25, 0.3) is 0 Å². The first-order valence-corrected chi connectivity index (χ1v) is 11.4. The van der Waals surface area contributed by atoms with Crippen LogP contribution in [0.5, 0.6) is 0 Å². The fraction of sp³-hybridized carbons (Fsp3) is 0.280. The number of benzene rings is 2. The van der Waals surface area contributed by atoms with Gasteiger partial charge in [0.2, 0.25) is 0 Å². The highest BCUT2D eigenvalue weighted by Gasteiger charge is 2.23. The molecule has 160 valence electrons. The van der Waals surface area contributed by atoms with Crippen molar-refractivity contribution in [2.45, 2.75) is 40.7 Å². The van der Waals surface area contributed by atoms with Gasteiger partial charge in [-0.2, -0.15) is 0 Å².